The zero-order valence-corrected chi connectivity index (χ0v) is 17.8. The van der Waals surface area contributed by atoms with Crippen molar-refractivity contribution >= 4 is 17.8 Å². The summed E-state index contributed by atoms with van der Waals surface area (Å²) in [7, 11) is 1.74. The summed E-state index contributed by atoms with van der Waals surface area (Å²) < 4.78 is 5.77. The number of ether oxygens (including phenoxy) is 1. The lowest BCUT2D eigenvalue weighted by molar-refractivity contribution is -0.150. The minimum Gasteiger partial charge on any atom is -0.450 e. The van der Waals surface area contributed by atoms with Crippen LogP contribution in [0.4, 0.5) is 0 Å². The Kier molecular flexibility index (Phi) is 5.63. The van der Waals surface area contributed by atoms with Crippen LogP contribution in [0.3, 0.4) is 0 Å². The topological polar surface area (TPSA) is 66.9 Å². The zero-order chi connectivity index (χ0) is 22.0. The van der Waals surface area contributed by atoms with Crippen LogP contribution in [0.5, 0.6) is 0 Å². The van der Waals surface area contributed by atoms with Gasteiger partial charge in [-0.2, -0.15) is 0 Å². The van der Waals surface area contributed by atoms with Gasteiger partial charge in [0, 0.05) is 50.7 Å². The van der Waals surface area contributed by atoms with E-state index in [0.29, 0.717) is 49.2 Å². The van der Waals surface area contributed by atoms with Gasteiger partial charge in [-0.15, -0.1) is 0 Å². The number of esters is 1. The van der Waals surface area contributed by atoms with Gasteiger partial charge >= 0.3 is 5.97 Å². The van der Waals surface area contributed by atoms with Crippen molar-refractivity contribution in [2.24, 2.45) is 0 Å². The van der Waals surface area contributed by atoms with Gasteiger partial charge in [0.2, 0.25) is 0 Å². The van der Waals surface area contributed by atoms with E-state index >= 15 is 0 Å². The van der Waals surface area contributed by atoms with Crippen LogP contribution in [0.15, 0.2) is 71.8 Å². The highest BCUT2D eigenvalue weighted by Gasteiger charge is 2.51. The quantitative estimate of drug-likeness (QED) is 0.716. The molecule has 2 aliphatic rings. The molecule has 0 radical (unpaired) electrons. The van der Waals surface area contributed by atoms with Crippen molar-refractivity contribution in [3.63, 3.8) is 0 Å². The molecule has 0 aromatic heterocycles. The Morgan fingerprint density at radius 2 is 1.58 bits per heavy atom. The first kappa shape index (κ1) is 20.8. The lowest BCUT2D eigenvalue weighted by Gasteiger charge is -2.40. The molecular weight excluding hydrogens is 392 g/mol. The molecule has 2 heterocycles. The number of rotatable bonds is 4. The third kappa shape index (κ3) is 3.98. The van der Waals surface area contributed by atoms with Crippen LogP contribution in [-0.4, -0.2) is 53.3 Å². The first-order valence-electron chi connectivity index (χ1n) is 10.5. The number of hydrogen-bond acceptors (Lipinski definition) is 4. The predicted octanol–water partition coefficient (Wildman–Crippen LogP) is 3.19. The maximum Gasteiger partial charge on any atom is 0.335 e. The van der Waals surface area contributed by atoms with Crippen molar-refractivity contribution in [2.45, 2.75) is 31.9 Å². The second-order valence-electron chi connectivity index (χ2n) is 8.19. The smallest absolute Gasteiger partial charge is 0.335 e. The Labute approximate surface area is 182 Å². The van der Waals surface area contributed by atoms with Crippen molar-refractivity contribution in [2.75, 3.05) is 20.1 Å². The summed E-state index contributed by atoms with van der Waals surface area (Å²) in [5.74, 6) is -0.691. The average molecular weight is 418 g/mol. The Balaban J connectivity index is 1.51. The van der Waals surface area contributed by atoms with E-state index in [0.717, 1.165) is 5.56 Å². The highest BCUT2D eigenvalue weighted by atomic mass is 16.6. The fraction of sp³-hybridized carbons (Fsp3) is 0.320. The molecule has 0 bridgehead atoms. The fourth-order valence-electron chi connectivity index (χ4n) is 4.41. The second kappa shape index (κ2) is 8.38. The first-order chi connectivity index (χ1) is 14.9. The summed E-state index contributed by atoms with van der Waals surface area (Å²) in [6.07, 6.45) is 0.823. The Morgan fingerprint density at radius 1 is 1.00 bits per heavy atom. The third-order valence-electron chi connectivity index (χ3n) is 6.13. The van der Waals surface area contributed by atoms with E-state index in [4.69, 9.17) is 4.74 Å². The molecule has 6 heteroatoms. The molecule has 31 heavy (non-hydrogen) atoms. The van der Waals surface area contributed by atoms with Crippen molar-refractivity contribution in [1.29, 1.82) is 0 Å². The molecule has 2 aliphatic heterocycles. The summed E-state index contributed by atoms with van der Waals surface area (Å²) >= 11 is 0. The van der Waals surface area contributed by atoms with Crippen molar-refractivity contribution in [1.82, 2.24) is 9.80 Å². The van der Waals surface area contributed by atoms with E-state index in [1.165, 1.54) is 0 Å². The first-order valence-corrected chi connectivity index (χ1v) is 10.5. The highest BCUT2D eigenvalue weighted by molar-refractivity contribution is 6.07. The van der Waals surface area contributed by atoms with E-state index in [1.54, 1.807) is 35.9 Å². The average Bonchev–Trinajstić information content (AvgIpc) is 3.03. The van der Waals surface area contributed by atoms with Gasteiger partial charge in [-0.05, 0) is 24.6 Å². The van der Waals surface area contributed by atoms with Gasteiger partial charge in [0.25, 0.3) is 11.8 Å². The van der Waals surface area contributed by atoms with E-state index in [-0.39, 0.29) is 11.8 Å². The van der Waals surface area contributed by atoms with E-state index in [9.17, 15) is 14.4 Å². The van der Waals surface area contributed by atoms with Gasteiger partial charge < -0.3 is 14.5 Å². The number of carbonyl (C=O) groups is 3. The molecule has 1 fully saturated rings. The summed E-state index contributed by atoms with van der Waals surface area (Å²) in [4.78, 5) is 42.0. The lowest BCUT2D eigenvalue weighted by atomic mass is 9.82. The summed E-state index contributed by atoms with van der Waals surface area (Å²) in [5.41, 5.74) is 1.48. The van der Waals surface area contributed by atoms with Gasteiger partial charge in [-0.3, -0.25) is 9.59 Å². The largest absolute Gasteiger partial charge is 0.450 e. The molecule has 1 spiro atoms. The highest BCUT2D eigenvalue weighted by Crippen LogP contribution is 2.42. The zero-order valence-electron chi connectivity index (χ0n) is 17.8. The number of likely N-dealkylation sites (tertiary alicyclic amines) is 1. The maximum atomic E-state index is 13.4. The molecule has 0 unspecified atom stereocenters. The van der Waals surface area contributed by atoms with Crippen molar-refractivity contribution in [3.05, 3.63) is 82.9 Å². The monoisotopic (exact) mass is 418 g/mol. The Hall–Kier alpha value is -3.41. The number of nitrogens with zero attached hydrogens (tertiary/aromatic N) is 2. The van der Waals surface area contributed by atoms with Crippen LogP contribution in [0.2, 0.25) is 0 Å². The van der Waals surface area contributed by atoms with E-state index in [1.807, 2.05) is 48.5 Å². The minimum absolute atomic E-state index is 0.0467. The molecule has 160 valence electrons. The molecule has 2 amide bonds. The van der Waals surface area contributed by atoms with Crippen LogP contribution in [0.25, 0.3) is 0 Å². The molecule has 0 aliphatic carbocycles. The number of benzene rings is 2. The molecular formula is C25H26N2O4. The molecule has 6 nitrogen and oxygen atoms in total. The number of likely N-dealkylation sites (N-methyl/N-ethyl adjacent to an activating group) is 1. The number of carbonyl (C=O) groups excluding carboxylic acids is 3. The van der Waals surface area contributed by atoms with Gasteiger partial charge in [-0.1, -0.05) is 48.5 Å². The third-order valence-corrected chi connectivity index (χ3v) is 6.13. The molecule has 0 N–H and O–H groups in total. The van der Waals surface area contributed by atoms with Gasteiger partial charge in [0.15, 0.2) is 0 Å². The SMILES string of the molecule is CC1=C(C(=O)N(C)Cc2ccccc2)C2(CCN(C(=O)c3ccccc3)CC2)OC1=O. The van der Waals surface area contributed by atoms with Crippen molar-refractivity contribution in [3.8, 4) is 0 Å². The standard InChI is InChI=1S/C25H26N2O4/c1-18-21(23(29)26(2)17-19-9-5-3-6-10-19)25(31-24(18)30)13-15-27(16-14-25)22(28)20-11-7-4-8-12-20/h3-12H,13-17H2,1-2H3. The summed E-state index contributed by atoms with van der Waals surface area (Å²) in [6.45, 7) is 2.95. The number of amides is 2. The Morgan fingerprint density at radius 3 is 2.19 bits per heavy atom. The molecule has 0 atom stereocenters. The van der Waals surface area contributed by atoms with Crippen LogP contribution in [0.1, 0.15) is 35.7 Å². The number of piperidine rings is 1. The van der Waals surface area contributed by atoms with Gasteiger partial charge in [0.1, 0.15) is 5.60 Å². The van der Waals surface area contributed by atoms with Gasteiger partial charge in [-0.25, -0.2) is 4.79 Å². The Bertz CT molecular complexity index is 1020. The van der Waals surface area contributed by atoms with E-state index < -0.39 is 11.6 Å². The fourth-order valence-corrected chi connectivity index (χ4v) is 4.41. The minimum atomic E-state index is -0.962. The summed E-state index contributed by atoms with van der Waals surface area (Å²) in [5, 5.41) is 0. The number of hydrogen-bond donors (Lipinski definition) is 0. The normalized spacial score (nSPS) is 17.6. The lowest BCUT2D eigenvalue weighted by Crippen LogP contribution is -2.50. The predicted molar refractivity (Wildman–Crippen MR) is 116 cm³/mol. The molecule has 2 aromatic rings. The van der Waals surface area contributed by atoms with Crippen LogP contribution in [-0.2, 0) is 20.9 Å². The van der Waals surface area contributed by atoms with Gasteiger partial charge in [0.05, 0.1) is 5.57 Å². The molecule has 4 rings (SSSR count). The van der Waals surface area contributed by atoms with Crippen molar-refractivity contribution < 1.29 is 19.1 Å². The second-order valence-corrected chi connectivity index (χ2v) is 8.19. The van der Waals surface area contributed by atoms with Crippen LogP contribution >= 0.6 is 0 Å². The maximum absolute atomic E-state index is 13.4. The molecule has 0 saturated carbocycles. The van der Waals surface area contributed by atoms with Crippen LogP contribution in [0, 0.1) is 0 Å². The summed E-state index contributed by atoms with van der Waals surface area (Å²) in [6, 6.07) is 18.8. The molecule has 1 saturated heterocycles. The molecule has 2 aromatic carbocycles. The van der Waals surface area contributed by atoms with Crippen LogP contribution < -0.4 is 0 Å². The van der Waals surface area contributed by atoms with E-state index in [2.05, 4.69) is 0 Å².